The first-order valence-electron chi connectivity index (χ1n) is 10.1. The second kappa shape index (κ2) is 13.1. The fourth-order valence-electron chi connectivity index (χ4n) is 3.28. The van der Waals surface area contributed by atoms with E-state index in [0.717, 1.165) is 53.7 Å². The summed E-state index contributed by atoms with van der Waals surface area (Å²) < 4.78 is 16.9. The highest BCUT2D eigenvalue weighted by atomic mass is 35.5. The van der Waals surface area contributed by atoms with Gasteiger partial charge in [-0.3, -0.25) is 0 Å². The molecule has 0 aliphatic carbocycles. The van der Waals surface area contributed by atoms with Crippen molar-refractivity contribution in [2.24, 2.45) is 0 Å². The van der Waals surface area contributed by atoms with Crippen LogP contribution in [0.15, 0.2) is 42.5 Å². The Bertz CT molecular complexity index is 736. The lowest BCUT2D eigenvalue weighted by Crippen LogP contribution is -2.16. The van der Waals surface area contributed by atoms with Crippen molar-refractivity contribution in [3.05, 3.63) is 53.6 Å². The van der Waals surface area contributed by atoms with E-state index in [9.17, 15) is 0 Å². The van der Waals surface area contributed by atoms with E-state index in [1.165, 1.54) is 0 Å². The van der Waals surface area contributed by atoms with E-state index >= 15 is 0 Å². The van der Waals surface area contributed by atoms with Crippen LogP contribution < -0.4 is 4.74 Å². The lowest BCUT2D eigenvalue weighted by molar-refractivity contribution is 0.0635. The first-order chi connectivity index (χ1) is 14.1. The van der Waals surface area contributed by atoms with Gasteiger partial charge in [-0.15, -0.1) is 23.2 Å². The van der Waals surface area contributed by atoms with E-state index in [1.54, 1.807) is 14.2 Å². The number of benzene rings is 2. The van der Waals surface area contributed by atoms with Crippen molar-refractivity contribution in [2.75, 3.05) is 20.8 Å². The van der Waals surface area contributed by atoms with Gasteiger partial charge in [-0.1, -0.05) is 24.3 Å². The Morgan fingerprint density at radius 2 is 1.72 bits per heavy atom. The van der Waals surface area contributed by atoms with Gasteiger partial charge in [0.2, 0.25) is 0 Å². The number of methoxy groups -OCH3 is 2. The van der Waals surface area contributed by atoms with E-state index in [4.69, 9.17) is 37.4 Å². The van der Waals surface area contributed by atoms with E-state index in [1.807, 2.05) is 24.3 Å². The number of rotatable bonds is 13. The van der Waals surface area contributed by atoms with Crippen LogP contribution in [0.4, 0.5) is 0 Å². The van der Waals surface area contributed by atoms with Crippen LogP contribution in [0.2, 0.25) is 0 Å². The van der Waals surface area contributed by atoms with Crippen molar-refractivity contribution in [2.45, 2.75) is 56.6 Å². The molecule has 0 amide bonds. The molecule has 2 unspecified atom stereocenters. The Labute approximate surface area is 185 Å². The van der Waals surface area contributed by atoms with Gasteiger partial charge in [-0.2, -0.15) is 0 Å². The molecular weight excluding hydrogens is 407 g/mol. The Morgan fingerprint density at radius 1 is 0.897 bits per heavy atom. The maximum atomic E-state index is 6.14. The molecule has 160 valence electrons. The highest BCUT2D eigenvalue weighted by Gasteiger charge is 2.10. The molecule has 2 aromatic carbocycles. The first kappa shape index (κ1) is 24.0. The van der Waals surface area contributed by atoms with Crippen LogP contribution in [0.3, 0.4) is 0 Å². The van der Waals surface area contributed by atoms with E-state index in [0.29, 0.717) is 24.5 Å². The second-order valence-corrected chi connectivity index (χ2v) is 7.79. The normalized spacial score (nSPS) is 13.3. The fourth-order valence-corrected chi connectivity index (χ4v) is 3.68. The van der Waals surface area contributed by atoms with Crippen molar-refractivity contribution >= 4 is 23.2 Å². The molecule has 0 N–H and O–H groups in total. The summed E-state index contributed by atoms with van der Waals surface area (Å²) in [6.07, 6.45) is 4.49. The highest BCUT2D eigenvalue weighted by Crippen LogP contribution is 2.29. The standard InChI is InChI=1S/C24H32Cl2O3/c1-18(27-2)6-4-8-22(28-3)12-13-29-23-9-5-7-20(15-23)24-14-19(16-25)10-11-21(24)17-26/h5,7,9-11,14-15,18,22H,4,6,8,12-13,16-17H2,1-3H3. The Morgan fingerprint density at radius 3 is 2.41 bits per heavy atom. The van der Waals surface area contributed by atoms with Crippen molar-refractivity contribution in [1.29, 1.82) is 0 Å². The highest BCUT2D eigenvalue weighted by molar-refractivity contribution is 6.18. The number of alkyl halides is 2. The van der Waals surface area contributed by atoms with Gasteiger partial charge in [0.15, 0.2) is 0 Å². The predicted molar refractivity (Wildman–Crippen MR) is 122 cm³/mol. The molecule has 0 heterocycles. The minimum Gasteiger partial charge on any atom is -0.493 e. The molecule has 0 aliphatic heterocycles. The molecule has 2 aromatic rings. The molecule has 0 aromatic heterocycles. The summed E-state index contributed by atoms with van der Waals surface area (Å²) in [6, 6.07) is 14.3. The van der Waals surface area contributed by atoms with Gasteiger partial charge in [0.25, 0.3) is 0 Å². The topological polar surface area (TPSA) is 27.7 Å². The third-order valence-electron chi connectivity index (χ3n) is 5.20. The van der Waals surface area contributed by atoms with Crippen LogP contribution in [0, 0.1) is 0 Å². The Balaban J connectivity index is 1.95. The molecular formula is C24H32Cl2O3. The third kappa shape index (κ3) is 7.82. The smallest absolute Gasteiger partial charge is 0.119 e. The number of hydrogen-bond acceptors (Lipinski definition) is 3. The van der Waals surface area contributed by atoms with Gasteiger partial charge < -0.3 is 14.2 Å². The number of ether oxygens (including phenoxy) is 3. The summed E-state index contributed by atoms with van der Waals surface area (Å²) in [5, 5.41) is 0. The van der Waals surface area contributed by atoms with Gasteiger partial charge >= 0.3 is 0 Å². The zero-order valence-corrected chi connectivity index (χ0v) is 19.1. The second-order valence-electron chi connectivity index (χ2n) is 7.26. The van der Waals surface area contributed by atoms with Gasteiger partial charge in [-0.25, -0.2) is 0 Å². The zero-order valence-electron chi connectivity index (χ0n) is 17.6. The molecule has 5 heteroatoms. The quantitative estimate of drug-likeness (QED) is 0.321. The summed E-state index contributed by atoms with van der Waals surface area (Å²) in [5.41, 5.74) is 4.35. The predicted octanol–water partition coefficient (Wildman–Crippen LogP) is 6.82. The lowest BCUT2D eigenvalue weighted by Gasteiger charge is -2.17. The van der Waals surface area contributed by atoms with Crippen molar-refractivity contribution in [3.8, 4) is 16.9 Å². The van der Waals surface area contributed by atoms with Crippen molar-refractivity contribution in [3.63, 3.8) is 0 Å². The van der Waals surface area contributed by atoms with Gasteiger partial charge in [0.05, 0.1) is 18.8 Å². The largest absolute Gasteiger partial charge is 0.493 e. The molecule has 29 heavy (non-hydrogen) atoms. The SMILES string of the molecule is COC(C)CCCC(CCOc1cccc(-c2cc(CCl)ccc2CCl)c1)OC. The molecule has 0 fully saturated rings. The van der Waals surface area contributed by atoms with Crippen LogP contribution in [-0.2, 0) is 21.2 Å². The Kier molecular flexibility index (Phi) is 10.9. The maximum absolute atomic E-state index is 6.14. The summed E-state index contributed by atoms with van der Waals surface area (Å²) in [7, 11) is 3.52. The summed E-state index contributed by atoms with van der Waals surface area (Å²) in [6.45, 7) is 2.71. The maximum Gasteiger partial charge on any atom is 0.119 e. The van der Waals surface area contributed by atoms with Gasteiger partial charge in [0, 0.05) is 32.4 Å². The van der Waals surface area contributed by atoms with E-state index in [2.05, 4.69) is 25.1 Å². The zero-order chi connectivity index (χ0) is 21.1. The van der Waals surface area contributed by atoms with Crippen LogP contribution in [0.25, 0.3) is 11.1 Å². The number of hydrogen-bond donors (Lipinski definition) is 0. The van der Waals surface area contributed by atoms with Crippen molar-refractivity contribution < 1.29 is 14.2 Å². The molecule has 0 bridgehead atoms. The summed E-state index contributed by atoms with van der Waals surface area (Å²) in [5.74, 6) is 1.79. The minimum atomic E-state index is 0.200. The number of halogens is 2. The fraction of sp³-hybridized carbons (Fsp3) is 0.500. The molecule has 0 saturated carbocycles. The van der Waals surface area contributed by atoms with Crippen molar-refractivity contribution in [1.82, 2.24) is 0 Å². The van der Waals surface area contributed by atoms with Crippen LogP contribution in [-0.4, -0.2) is 33.0 Å². The van der Waals surface area contributed by atoms with E-state index in [-0.39, 0.29) is 6.10 Å². The molecule has 0 spiro atoms. The minimum absolute atomic E-state index is 0.200. The third-order valence-corrected chi connectivity index (χ3v) is 5.80. The average molecular weight is 439 g/mol. The van der Waals surface area contributed by atoms with Crippen LogP contribution in [0.1, 0.15) is 43.7 Å². The molecule has 2 atom stereocenters. The summed E-state index contributed by atoms with van der Waals surface area (Å²) >= 11 is 12.1. The van der Waals surface area contributed by atoms with Gasteiger partial charge in [-0.05, 0) is 66.6 Å². The average Bonchev–Trinajstić information content (AvgIpc) is 2.77. The molecule has 3 nitrogen and oxygen atoms in total. The lowest BCUT2D eigenvalue weighted by atomic mass is 9.98. The molecule has 0 radical (unpaired) electrons. The van der Waals surface area contributed by atoms with Crippen LogP contribution in [0.5, 0.6) is 5.75 Å². The Hall–Kier alpha value is -1.26. The first-order valence-corrected chi connectivity index (χ1v) is 11.2. The molecule has 0 aliphatic rings. The van der Waals surface area contributed by atoms with Crippen LogP contribution >= 0.6 is 23.2 Å². The van der Waals surface area contributed by atoms with E-state index < -0.39 is 0 Å². The summed E-state index contributed by atoms with van der Waals surface area (Å²) in [4.78, 5) is 0. The monoisotopic (exact) mass is 438 g/mol. The molecule has 0 saturated heterocycles. The van der Waals surface area contributed by atoms with Gasteiger partial charge in [0.1, 0.15) is 5.75 Å². The molecule has 2 rings (SSSR count).